The van der Waals surface area contributed by atoms with Gasteiger partial charge in [0.25, 0.3) is 0 Å². The Morgan fingerprint density at radius 1 is 0.279 bits per heavy atom. The predicted octanol–water partition coefficient (Wildman–Crippen LogP) is 17.1. The Morgan fingerprint density at radius 3 is 0.485 bits per heavy atom. The molecular formula is C60H86N4Ni2O2-2. The van der Waals surface area contributed by atoms with Crippen molar-refractivity contribution in [2.45, 2.75) is 200 Å². The van der Waals surface area contributed by atoms with Gasteiger partial charge in [-0.25, -0.2) is 0 Å². The van der Waals surface area contributed by atoms with Gasteiger partial charge in [-0.15, -0.1) is 11.5 Å². The van der Waals surface area contributed by atoms with Gasteiger partial charge < -0.3 is 10.2 Å². The Balaban J connectivity index is 0.00000115. The molecule has 0 aliphatic carbocycles. The molecule has 0 amide bonds. The maximum absolute atomic E-state index is 9.79. The first kappa shape index (κ1) is 63.9. The van der Waals surface area contributed by atoms with E-state index in [0.29, 0.717) is 47.3 Å². The molecule has 4 aromatic carbocycles. The molecule has 4 rings (SSSR count). The summed E-state index contributed by atoms with van der Waals surface area (Å²) in [6.45, 7) is 46.7. The predicted molar refractivity (Wildman–Crippen MR) is 288 cm³/mol. The van der Waals surface area contributed by atoms with Crippen molar-refractivity contribution < 1.29 is 43.2 Å². The summed E-state index contributed by atoms with van der Waals surface area (Å²) in [6, 6.07) is 26.3. The minimum atomic E-state index is -0.380. The van der Waals surface area contributed by atoms with Crippen LogP contribution >= 0.6 is 0 Å². The van der Waals surface area contributed by atoms with E-state index in [2.05, 4.69) is 211 Å². The SMILES string of the molecule is C/C([O-])=C(\C)[O-].CC(=Nc1c(C(C)C)cccc1C(C)C)C(C)=Nc1c(C(C)C)cccc1C(C)C.CC(=Nc1c(C(C)C)cccc1C(C)C)C(C)=Nc1c(C(C)C)cccc1C(C)C.[Ni].[Ni]. The zero-order valence-electron chi connectivity index (χ0n) is 45.8. The van der Waals surface area contributed by atoms with Crippen LogP contribution in [0.5, 0.6) is 0 Å². The number of benzene rings is 4. The van der Waals surface area contributed by atoms with Gasteiger partial charge in [0.2, 0.25) is 0 Å². The normalized spacial score (nSPS) is 12.9. The van der Waals surface area contributed by atoms with Crippen molar-refractivity contribution in [3.63, 3.8) is 0 Å². The first-order chi connectivity index (χ1) is 30.7. The smallest absolute Gasteiger partial charge is 0.0702 e. The topological polar surface area (TPSA) is 95.6 Å². The van der Waals surface area contributed by atoms with Crippen LogP contribution in [0.25, 0.3) is 0 Å². The van der Waals surface area contributed by atoms with Crippen molar-refractivity contribution in [1.82, 2.24) is 0 Å². The summed E-state index contributed by atoms with van der Waals surface area (Å²) in [5.74, 6) is 2.70. The van der Waals surface area contributed by atoms with Gasteiger partial charge in [0, 0.05) is 33.0 Å². The summed E-state index contributed by atoms with van der Waals surface area (Å²) >= 11 is 0. The summed E-state index contributed by atoms with van der Waals surface area (Å²) < 4.78 is 0. The third kappa shape index (κ3) is 18.3. The molecule has 68 heavy (non-hydrogen) atoms. The maximum Gasteiger partial charge on any atom is 0.0702 e. The zero-order valence-corrected chi connectivity index (χ0v) is 47.8. The Hall–Kier alpha value is -4.11. The molecule has 0 radical (unpaired) electrons. The standard InChI is InChI=1S/2C28H40N2.C4H8O2.2Ni/c2*1-17(2)23-13-11-14-24(18(3)4)27(23)29-21(9)22(10)30-28-25(19(5)6)15-12-16-26(28)20(7)8;1-3(5)4(2)6;;/h2*11-20H,1-10H3;5-6H,1-2H3;;/p-2/b;;4-3-;;. The van der Waals surface area contributed by atoms with Crippen molar-refractivity contribution in [2.75, 3.05) is 0 Å². The fraction of sp³-hybridized carbons (Fsp3) is 0.500. The largest absolute Gasteiger partial charge is 0.876 e. The number of para-hydroxylation sites is 4. The van der Waals surface area contributed by atoms with Crippen LogP contribution < -0.4 is 10.2 Å². The number of rotatable bonds is 14. The first-order valence-electron chi connectivity index (χ1n) is 24.5. The molecule has 0 aromatic heterocycles. The Labute approximate surface area is 434 Å². The van der Waals surface area contributed by atoms with Gasteiger partial charge in [-0.05, 0) is 120 Å². The van der Waals surface area contributed by atoms with E-state index in [-0.39, 0.29) is 44.5 Å². The van der Waals surface area contributed by atoms with E-state index in [1.807, 2.05) is 0 Å². The molecule has 0 heterocycles. The van der Waals surface area contributed by atoms with E-state index in [4.69, 9.17) is 20.0 Å². The molecule has 0 saturated heterocycles. The van der Waals surface area contributed by atoms with Gasteiger partial charge in [-0.1, -0.05) is 197 Å². The van der Waals surface area contributed by atoms with Crippen LogP contribution in [0.2, 0.25) is 0 Å². The van der Waals surface area contributed by atoms with E-state index in [9.17, 15) is 10.2 Å². The Bertz CT molecular complexity index is 1940. The number of hydrogen-bond acceptors (Lipinski definition) is 6. The van der Waals surface area contributed by atoms with Crippen LogP contribution in [0, 0.1) is 0 Å². The van der Waals surface area contributed by atoms with Gasteiger partial charge >= 0.3 is 0 Å². The molecule has 380 valence electrons. The molecule has 0 saturated carbocycles. The fourth-order valence-electron chi connectivity index (χ4n) is 7.56. The molecule has 0 unspecified atom stereocenters. The molecule has 6 nitrogen and oxygen atoms in total. The third-order valence-corrected chi connectivity index (χ3v) is 12.0. The van der Waals surface area contributed by atoms with Crippen molar-refractivity contribution in [3.05, 3.63) is 129 Å². The first-order valence-corrected chi connectivity index (χ1v) is 24.5. The molecule has 0 atom stereocenters. The molecule has 0 aliphatic heterocycles. The molecule has 4 aromatic rings. The van der Waals surface area contributed by atoms with Crippen LogP contribution in [0.3, 0.4) is 0 Å². The molecule has 8 heteroatoms. The van der Waals surface area contributed by atoms with Crippen molar-refractivity contribution in [2.24, 2.45) is 20.0 Å². The van der Waals surface area contributed by atoms with Crippen LogP contribution in [0.15, 0.2) is 104 Å². The second-order valence-corrected chi connectivity index (χ2v) is 20.3. The minimum Gasteiger partial charge on any atom is -0.876 e. The van der Waals surface area contributed by atoms with Gasteiger partial charge in [-0.3, -0.25) is 20.0 Å². The molecular weight excluding hydrogens is 926 g/mol. The summed E-state index contributed by atoms with van der Waals surface area (Å²) in [7, 11) is 0. The summed E-state index contributed by atoms with van der Waals surface area (Å²) in [5.41, 5.74) is 18.9. The van der Waals surface area contributed by atoms with Gasteiger partial charge in [0.15, 0.2) is 0 Å². The van der Waals surface area contributed by atoms with Gasteiger partial charge in [0.1, 0.15) is 0 Å². The number of allylic oxidation sites excluding steroid dienone is 2. The van der Waals surface area contributed by atoms with E-state index >= 15 is 0 Å². The fourth-order valence-corrected chi connectivity index (χ4v) is 7.56. The van der Waals surface area contributed by atoms with Crippen LogP contribution in [0.1, 0.15) is 244 Å². The quantitative estimate of drug-likeness (QED) is 0.0714. The molecule has 0 N–H and O–H groups in total. The second kappa shape index (κ2) is 29.8. The monoisotopic (exact) mass is 1010 g/mol. The van der Waals surface area contributed by atoms with Gasteiger partial charge in [-0.2, -0.15) is 0 Å². The third-order valence-electron chi connectivity index (χ3n) is 12.0. The Kier molecular flexibility index (Phi) is 28.0. The maximum atomic E-state index is 9.79. The average Bonchev–Trinajstić information content (AvgIpc) is 3.23. The van der Waals surface area contributed by atoms with Crippen molar-refractivity contribution in [3.8, 4) is 0 Å². The summed E-state index contributed by atoms with van der Waals surface area (Å²) in [4.78, 5) is 20.5. The van der Waals surface area contributed by atoms with Crippen molar-refractivity contribution in [1.29, 1.82) is 0 Å². The van der Waals surface area contributed by atoms with E-state index in [0.717, 1.165) is 45.6 Å². The molecule has 0 aliphatic rings. The van der Waals surface area contributed by atoms with Crippen LogP contribution in [-0.2, 0) is 33.0 Å². The van der Waals surface area contributed by atoms with Gasteiger partial charge in [0.05, 0.1) is 45.6 Å². The van der Waals surface area contributed by atoms with E-state index < -0.39 is 0 Å². The summed E-state index contributed by atoms with van der Waals surface area (Å²) in [5, 5.41) is 19.6. The number of nitrogens with zero attached hydrogens (tertiary/aromatic N) is 4. The summed E-state index contributed by atoms with van der Waals surface area (Å²) in [6.07, 6.45) is 0. The molecule has 0 spiro atoms. The van der Waals surface area contributed by atoms with E-state index in [1.165, 1.54) is 58.4 Å². The van der Waals surface area contributed by atoms with Crippen molar-refractivity contribution >= 4 is 45.6 Å². The van der Waals surface area contributed by atoms with Crippen LogP contribution in [0.4, 0.5) is 22.7 Å². The number of aliphatic imine (C=N–C) groups is 4. The Morgan fingerprint density at radius 2 is 0.397 bits per heavy atom. The van der Waals surface area contributed by atoms with Crippen LogP contribution in [-0.4, -0.2) is 22.8 Å². The number of hydrogen-bond donors (Lipinski definition) is 0. The molecule has 0 bridgehead atoms. The second-order valence-electron chi connectivity index (χ2n) is 20.3. The van der Waals surface area contributed by atoms with E-state index in [1.54, 1.807) is 0 Å². The molecule has 0 fully saturated rings. The zero-order chi connectivity index (χ0) is 50.3. The minimum absolute atomic E-state index is 0. The average molecular weight is 1010 g/mol.